The number of aromatic nitrogens is 2. The third-order valence-corrected chi connectivity index (χ3v) is 4.76. The molecule has 1 fully saturated rings. The number of nitrogens with one attached hydrogen (secondary N) is 1. The first-order valence-corrected chi connectivity index (χ1v) is 8.66. The maximum Gasteiger partial charge on any atom is 0.223 e. The van der Waals surface area contributed by atoms with E-state index in [0.29, 0.717) is 25.4 Å². The van der Waals surface area contributed by atoms with Gasteiger partial charge in [-0.3, -0.25) is 9.59 Å². The fourth-order valence-electron chi connectivity index (χ4n) is 3.16. The molecular formula is C17H30ClN5O2. The Morgan fingerprint density at radius 3 is 2.60 bits per heavy atom. The summed E-state index contributed by atoms with van der Waals surface area (Å²) in [6.45, 7) is 4.68. The van der Waals surface area contributed by atoms with Gasteiger partial charge in [-0.2, -0.15) is 0 Å². The van der Waals surface area contributed by atoms with Gasteiger partial charge in [-0.25, -0.2) is 4.98 Å². The van der Waals surface area contributed by atoms with Crippen LogP contribution >= 0.6 is 12.4 Å². The van der Waals surface area contributed by atoms with Crippen LogP contribution in [0.1, 0.15) is 32.0 Å². The molecule has 1 N–H and O–H groups in total. The minimum Gasteiger partial charge on any atom is -0.355 e. The van der Waals surface area contributed by atoms with Gasteiger partial charge in [0.2, 0.25) is 11.8 Å². The zero-order chi connectivity index (χ0) is 17.5. The molecule has 0 aromatic carbocycles. The molecule has 0 unspecified atom stereocenters. The van der Waals surface area contributed by atoms with Crippen LogP contribution in [-0.2, 0) is 23.1 Å². The van der Waals surface area contributed by atoms with Gasteiger partial charge >= 0.3 is 0 Å². The Morgan fingerprint density at radius 2 is 2.04 bits per heavy atom. The molecule has 8 heteroatoms. The van der Waals surface area contributed by atoms with Crippen LogP contribution in [0.15, 0.2) is 12.4 Å². The molecule has 0 spiro atoms. The van der Waals surface area contributed by atoms with Crippen molar-refractivity contribution in [2.75, 3.05) is 33.2 Å². The molecule has 7 nitrogen and oxygen atoms in total. The molecule has 2 heterocycles. The fraction of sp³-hybridized carbons (Fsp3) is 0.706. The Balaban J connectivity index is 0.00000312. The summed E-state index contributed by atoms with van der Waals surface area (Å²) in [4.78, 5) is 31.8. The van der Waals surface area contributed by atoms with Crippen LogP contribution < -0.4 is 5.32 Å². The highest BCUT2D eigenvalue weighted by molar-refractivity contribution is 5.85. The molecule has 0 bridgehead atoms. The molecule has 1 aliphatic rings. The number of nitrogens with zero attached hydrogens (tertiary/aromatic N) is 4. The summed E-state index contributed by atoms with van der Waals surface area (Å²) < 4.78 is 1.96. The van der Waals surface area contributed by atoms with Gasteiger partial charge in [0.05, 0.1) is 0 Å². The lowest BCUT2D eigenvalue weighted by Gasteiger charge is -2.36. The van der Waals surface area contributed by atoms with E-state index >= 15 is 0 Å². The summed E-state index contributed by atoms with van der Waals surface area (Å²) in [5.41, 5.74) is 0. The lowest BCUT2D eigenvalue weighted by atomic mass is 10.0. The van der Waals surface area contributed by atoms with Crippen molar-refractivity contribution in [1.29, 1.82) is 0 Å². The minimum absolute atomic E-state index is 0. The van der Waals surface area contributed by atoms with E-state index in [0.717, 1.165) is 38.3 Å². The molecule has 1 aliphatic heterocycles. The number of imidazole rings is 1. The summed E-state index contributed by atoms with van der Waals surface area (Å²) in [6.07, 6.45) is 6.87. The van der Waals surface area contributed by atoms with E-state index in [9.17, 15) is 9.59 Å². The summed E-state index contributed by atoms with van der Waals surface area (Å²) in [6, 6.07) is 0.484. The molecule has 142 valence electrons. The lowest BCUT2D eigenvalue weighted by Crippen LogP contribution is -2.47. The summed E-state index contributed by atoms with van der Waals surface area (Å²) in [5.74, 6) is 1.19. The highest BCUT2D eigenvalue weighted by Gasteiger charge is 2.25. The Hall–Kier alpha value is -1.60. The number of halogens is 1. The highest BCUT2D eigenvalue weighted by atomic mass is 35.5. The molecule has 1 aromatic rings. The maximum absolute atomic E-state index is 12.4. The van der Waals surface area contributed by atoms with Crippen LogP contribution in [0.4, 0.5) is 0 Å². The summed E-state index contributed by atoms with van der Waals surface area (Å²) in [7, 11) is 4.04. The van der Waals surface area contributed by atoms with Crippen molar-refractivity contribution in [2.24, 2.45) is 7.05 Å². The number of carbonyl (C=O) groups excluding carboxylic acids is 2. The number of hydrogen-bond donors (Lipinski definition) is 1. The number of likely N-dealkylation sites (N-methyl/N-ethyl adjacent to an activating group) is 1. The van der Waals surface area contributed by atoms with Crippen LogP contribution in [0, 0.1) is 0 Å². The van der Waals surface area contributed by atoms with Gasteiger partial charge in [-0.1, -0.05) is 0 Å². The maximum atomic E-state index is 12.4. The molecule has 1 saturated heterocycles. The molecular weight excluding hydrogens is 342 g/mol. The van der Waals surface area contributed by atoms with Crippen molar-refractivity contribution in [3.63, 3.8) is 0 Å². The van der Waals surface area contributed by atoms with Gasteiger partial charge in [0, 0.05) is 71.4 Å². The van der Waals surface area contributed by atoms with E-state index in [4.69, 9.17) is 0 Å². The lowest BCUT2D eigenvalue weighted by molar-refractivity contribution is -0.132. The predicted octanol–water partition coefficient (Wildman–Crippen LogP) is 0.833. The first-order valence-electron chi connectivity index (χ1n) is 8.66. The van der Waals surface area contributed by atoms with Gasteiger partial charge in [0.25, 0.3) is 0 Å². The Morgan fingerprint density at radius 1 is 1.36 bits per heavy atom. The largest absolute Gasteiger partial charge is 0.355 e. The van der Waals surface area contributed by atoms with Crippen molar-refractivity contribution >= 4 is 24.2 Å². The number of carbonyl (C=O) groups is 2. The van der Waals surface area contributed by atoms with Crippen molar-refractivity contribution in [3.8, 4) is 0 Å². The van der Waals surface area contributed by atoms with Crippen molar-refractivity contribution in [3.05, 3.63) is 18.2 Å². The van der Waals surface area contributed by atoms with Gasteiger partial charge in [-0.05, 0) is 19.9 Å². The van der Waals surface area contributed by atoms with E-state index in [1.165, 1.54) is 6.92 Å². The van der Waals surface area contributed by atoms with E-state index in [-0.39, 0.29) is 24.2 Å². The molecule has 25 heavy (non-hydrogen) atoms. The SMILES string of the molecule is CC(=O)NCCN(C)C1CCN(C(=O)CCc2nccn2C)CC1.Cl. The second kappa shape index (κ2) is 10.4. The number of rotatable bonds is 7. The van der Waals surface area contributed by atoms with Gasteiger partial charge in [-0.15, -0.1) is 12.4 Å². The van der Waals surface area contributed by atoms with Gasteiger partial charge in [0.1, 0.15) is 5.82 Å². The van der Waals surface area contributed by atoms with E-state index in [1.807, 2.05) is 22.7 Å². The topological polar surface area (TPSA) is 70.5 Å². The molecule has 0 saturated carbocycles. The molecule has 2 rings (SSSR count). The predicted molar refractivity (Wildman–Crippen MR) is 99.7 cm³/mol. The van der Waals surface area contributed by atoms with Crippen molar-refractivity contribution in [2.45, 2.75) is 38.6 Å². The normalized spacial score (nSPS) is 15.1. The van der Waals surface area contributed by atoms with Crippen LogP contribution in [-0.4, -0.2) is 70.4 Å². The summed E-state index contributed by atoms with van der Waals surface area (Å²) >= 11 is 0. The van der Waals surface area contributed by atoms with E-state index < -0.39 is 0 Å². The Kier molecular flexibility index (Phi) is 8.92. The molecule has 0 radical (unpaired) electrons. The Labute approximate surface area is 156 Å². The second-order valence-electron chi connectivity index (χ2n) is 6.53. The van der Waals surface area contributed by atoms with Gasteiger partial charge in [0.15, 0.2) is 0 Å². The smallest absolute Gasteiger partial charge is 0.223 e. The van der Waals surface area contributed by atoms with Crippen molar-refractivity contribution in [1.82, 2.24) is 24.7 Å². The van der Waals surface area contributed by atoms with E-state index in [2.05, 4.69) is 22.2 Å². The first kappa shape index (κ1) is 21.4. The minimum atomic E-state index is 0. The zero-order valence-corrected chi connectivity index (χ0v) is 16.2. The first-order chi connectivity index (χ1) is 11.5. The summed E-state index contributed by atoms with van der Waals surface area (Å²) in [5, 5.41) is 2.82. The van der Waals surface area contributed by atoms with Crippen LogP contribution in [0.3, 0.4) is 0 Å². The number of likely N-dealkylation sites (tertiary alicyclic amines) is 1. The molecule has 2 amide bonds. The third-order valence-electron chi connectivity index (χ3n) is 4.76. The molecule has 0 aliphatic carbocycles. The average molecular weight is 372 g/mol. The number of amides is 2. The van der Waals surface area contributed by atoms with Gasteiger partial charge < -0.3 is 19.7 Å². The average Bonchev–Trinajstić information content (AvgIpc) is 2.97. The van der Waals surface area contributed by atoms with Crippen LogP contribution in [0.25, 0.3) is 0 Å². The molecule has 0 atom stereocenters. The van der Waals surface area contributed by atoms with Crippen molar-refractivity contribution < 1.29 is 9.59 Å². The number of piperidine rings is 1. The second-order valence-corrected chi connectivity index (χ2v) is 6.53. The number of hydrogen-bond acceptors (Lipinski definition) is 4. The number of aryl methyl sites for hydroxylation is 2. The monoisotopic (exact) mass is 371 g/mol. The highest BCUT2D eigenvalue weighted by Crippen LogP contribution is 2.16. The van der Waals surface area contributed by atoms with Crippen LogP contribution in [0.5, 0.6) is 0 Å². The standard InChI is InChI=1S/C17H29N5O2.ClH/c1-14(23)18-8-12-20(2)15-6-10-22(11-7-15)17(24)5-4-16-19-9-13-21(16)3;/h9,13,15H,4-8,10-12H2,1-3H3,(H,18,23);1H. The third kappa shape index (κ3) is 6.66. The fourth-order valence-corrected chi connectivity index (χ4v) is 3.16. The quantitative estimate of drug-likeness (QED) is 0.770. The Bertz CT molecular complexity index is 555. The van der Waals surface area contributed by atoms with E-state index in [1.54, 1.807) is 6.20 Å². The van der Waals surface area contributed by atoms with Crippen LogP contribution in [0.2, 0.25) is 0 Å². The molecule has 1 aromatic heterocycles. The zero-order valence-electron chi connectivity index (χ0n) is 15.4.